The molecule has 33 heavy (non-hydrogen) atoms. The van der Waals surface area contributed by atoms with Crippen molar-refractivity contribution in [3.05, 3.63) is 35.9 Å². The third-order valence-corrected chi connectivity index (χ3v) is 5.34. The molecule has 0 unspecified atom stereocenters. The van der Waals surface area contributed by atoms with E-state index in [9.17, 15) is 18.3 Å². The second-order valence-corrected chi connectivity index (χ2v) is 7.83. The lowest BCUT2D eigenvalue weighted by molar-refractivity contribution is -0.137. The van der Waals surface area contributed by atoms with Gasteiger partial charge in [0.15, 0.2) is 5.82 Å². The highest BCUT2D eigenvalue weighted by molar-refractivity contribution is 5.94. The number of fused-ring (bicyclic) bond motifs is 1. The van der Waals surface area contributed by atoms with Gasteiger partial charge in [0.1, 0.15) is 22.6 Å². The number of pyridine rings is 1. The lowest BCUT2D eigenvalue weighted by Gasteiger charge is -2.33. The molecule has 0 saturated carbocycles. The lowest BCUT2D eigenvalue weighted by atomic mass is 10.0. The van der Waals surface area contributed by atoms with E-state index >= 15 is 0 Å². The van der Waals surface area contributed by atoms with Gasteiger partial charge in [-0.05, 0) is 38.4 Å². The Morgan fingerprint density at radius 2 is 2.06 bits per heavy atom. The maximum Gasteiger partial charge on any atom is 0.419 e. The predicted octanol–water partition coefficient (Wildman–Crippen LogP) is 2.88. The number of nitrogens with zero attached hydrogens (tertiary/aromatic N) is 5. The van der Waals surface area contributed by atoms with Crippen molar-refractivity contribution in [2.24, 2.45) is 0 Å². The molecule has 4 aromatic rings. The van der Waals surface area contributed by atoms with Crippen molar-refractivity contribution in [1.29, 1.82) is 0 Å². The number of hydrogen-bond acceptors (Lipinski definition) is 9. The van der Waals surface area contributed by atoms with Gasteiger partial charge >= 0.3 is 6.18 Å². The number of alkyl halides is 3. The number of aryl methyl sites for hydroxylation is 1. The van der Waals surface area contributed by atoms with Gasteiger partial charge in [0.05, 0.1) is 5.69 Å². The minimum atomic E-state index is -4.69. The van der Waals surface area contributed by atoms with Crippen LogP contribution >= 0.6 is 0 Å². The van der Waals surface area contributed by atoms with Crippen LogP contribution < -0.4 is 10.6 Å². The Balaban J connectivity index is 1.57. The van der Waals surface area contributed by atoms with Crippen molar-refractivity contribution in [3.8, 4) is 22.8 Å². The van der Waals surface area contributed by atoms with Gasteiger partial charge in [-0.25, -0.2) is 15.0 Å². The van der Waals surface area contributed by atoms with Crippen molar-refractivity contribution in [1.82, 2.24) is 35.4 Å². The monoisotopic (exact) mass is 460 g/mol. The van der Waals surface area contributed by atoms with Crippen LogP contribution in [0.1, 0.15) is 24.2 Å². The van der Waals surface area contributed by atoms with Gasteiger partial charge in [-0.1, -0.05) is 5.16 Å². The highest BCUT2D eigenvalue weighted by Gasteiger charge is 2.37. The van der Waals surface area contributed by atoms with Gasteiger partial charge in [0.2, 0.25) is 5.95 Å². The van der Waals surface area contributed by atoms with Crippen molar-refractivity contribution in [3.63, 3.8) is 0 Å². The zero-order valence-corrected chi connectivity index (χ0v) is 17.4. The average molecular weight is 460 g/mol. The van der Waals surface area contributed by atoms with Crippen molar-refractivity contribution >= 4 is 17.0 Å². The molecular formula is C20H19F3N8O2. The third kappa shape index (κ3) is 4.12. The fourth-order valence-corrected chi connectivity index (χ4v) is 3.78. The Hall–Kier alpha value is -3.58. The number of aromatic nitrogens is 6. The summed E-state index contributed by atoms with van der Waals surface area (Å²) >= 11 is 0. The molecule has 10 nitrogen and oxygen atoms in total. The van der Waals surface area contributed by atoms with E-state index in [1.807, 2.05) is 0 Å². The van der Waals surface area contributed by atoms with E-state index in [1.54, 1.807) is 19.1 Å². The molecule has 1 atom stereocenters. The summed E-state index contributed by atoms with van der Waals surface area (Å²) in [4.78, 5) is 19.3. The van der Waals surface area contributed by atoms with Crippen LogP contribution in [0.2, 0.25) is 0 Å². The number of aliphatic hydroxyl groups is 1. The quantitative estimate of drug-likeness (QED) is 0.339. The molecule has 0 bridgehead atoms. The van der Waals surface area contributed by atoms with Crippen molar-refractivity contribution in [2.45, 2.75) is 31.7 Å². The van der Waals surface area contributed by atoms with E-state index in [2.05, 4.69) is 40.7 Å². The summed E-state index contributed by atoms with van der Waals surface area (Å²) in [6, 6.07) is 3.19. The SMILES string of the molecule is Cc1noc(-c2ccc3c(-c4nc(N[C@]5(O)CCCNC5)ncc4C(F)(F)F)c[nH]c3n2)n1. The molecule has 0 amide bonds. The highest BCUT2D eigenvalue weighted by atomic mass is 19.4. The Morgan fingerprint density at radius 1 is 1.21 bits per heavy atom. The molecule has 4 N–H and O–H groups in total. The summed E-state index contributed by atoms with van der Waals surface area (Å²) in [6.07, 6.45) is -1.46. The second-order valence-electron chi connectivity index (χ2n) is 7.83. The Kier molecular flexibility index (Phi) is 5.01. The molecule has 0 spiro atoms. The molecule has 13 heteroatoms. The van der Waals surface area contributed by atoms with Crippen LogP contribution in [0, 0.1) is 6.92 Å². The maximum atomic E-state index is 13.8. The first-order valence-electron chi connectivity index (χ1n) is 10.2. The Labute approximate surface area is 184 Å². The first kappa shape index (κ1) is 21.3. The number of hydrogen-bond donors (Lipinski definition) is 4. The van der Waals surface area contributed by atoms with Crippen LogP contribution in [-0.2, 0) is 6.18 Å². The van der Waals surface area contributed by atoms with E-state index < -0.39 is 17.5 Å². The molecule has 0 aromatic carbocycles. The number of anilines is 1. The van der Waals surface area contributed by atoms with E-state index in [0.717, 1.165) is 6.54 Å². The van der Waals surface area contributed by atoms with Crippen molar-refractivity contribution < 1.29 is 22.8 Å². The van der Waals surface area contributed by atoms with Gasteiger partial charge in [-0.2, -0.15) is 18.2 Å². The fourth-order valence-electron chi connectivity index (χ4n) is 3.78. The van der Waals surface area contributed by atoms with Crippen molar-refractivity contribution in [2.75, 3.05) is 18.4 Å². The summed E-state index contributed by atoms with van der Waals surface area (Å²) in [6.45, 7) is 2.63. The normalized spacial score (nSPS) is 19.2. The van der Waals surface area contributed by atoms with E-state index in [-0.39, 0.29) is 29.6 Å². The molecule has 1 aliphatic heterocycles. The molecule has 172 valence electrons. The summed E-state index contributed by atoms with van der Waals surface area (Å²) in [5.74, 6) is 0.526. The number of nitrogens with one attached hydrogen (secondary N) is 3. The van der Waals surface area contributed by atoms with E-state index in [4.69, 9.17) is 4.52 Å². The summed E-state index contributed by atoms with van der Waals surface area (Å²) < 4.78 is 46.4. The molecule has 1 aliphatic rings. The zero-order valence-electron chi connectivity index (χ0n) is 17.4. The Morgan fingerprint density at radius 3 is 2.76 bits per heavy atom. The lowest BCUT2D eigenvalue weighted by Crippen LogP contribution is -2.51. The zero-order chi connectivity index (χ0) is 23.2. The van der Waals surface area contributed by atoms with Gasteiger partial charge in [-0.15, -0.1) is 0 Å². The molecular weight excluding hydrogens is 441 g/mol. The van der Waals surface area contributed by atoms with E-state index in [1.165, 1.54) is 6.20 Å². The largest absolute Gasteiger partial charge is 0.419 e. The Bertz CT molecular complexity index is 1310. The van der Waals surface area contributed by atoms with Crippen LogP contribution in [-0.4, -0.2) is 54.0 Å². The molecule has 0 radical (unpaired) electrons. The first-order valence-corrected chi connectivity index (χ1v) is 10.2. The van der Waals surface area contributed by atoms with Gasteiger partial charge < -0.3 is 25.2 Å². The van der Waals surface area contributed by atoms with Crippen LogP contribution in [0.4, 0.5) is 19.1 Å². The molecule has 0 aliphatic carbocycles. The molecule has 1 fully saturated rings. The fraction of sp³-hybridized carbons (Fsp3) is 0.350. The number of β-amino-alcohol motifs (C(OH)–C–C–N with tert-alkyl or cyclic N) is 1. The average Bonchev–Trinajstić information content (AvgIpc) is 3.39. The summed E-state index contributed by atoms with van der Waals surface area (Å²) in [5.41, 5.74) is -1.79. The summed E-state index contributed by atoms with van der Waals surface area (Å²) in [5, 5.41) is 20.6. The van der Waals surface area contributed by atoms with Gasteiger partial charge in [0.25, 0.3) is 5.89 Å². The topological polar surface area (TPSA) is 138 Å². The van der Waals surface area contributed by atoms with E-state index in [0.29, 0.717) is 41.6 Å². The second kappa shape index (κ2) is 7.78. The molecule has 5 heterocycles. The van der Waals surface area contributed by atoms with Crippen LogP contribution in [0.25, 0.3) is 33.9 Å². The van der Waals surface area contributed by atoms with Gasteiger partial charge in [-0.3, -0.25) is 0 Å². The number of halogens is 3. The van der Waals surface area contributed by atoms with Crippen LogP contribution in [0.5, 0.6) is 0 Å². The number of rotatable bonds is 4. The smallest absolute Gasteiger partial charge is 0.370 e. The molecule has 4 aromatic heterocycles. The number of H-pyrrole nitrogens is 1. The maximum absolute atomic E-state index is 13.8. The standard InChI is InChI=1S/C20H19F3N8O2/c1-10-27-17(33-31-10)14-4-3-11-12(7-25-16(11)28-14)15-13(20(21,22)23)8-26-18(29-15)30-19(32)5-2-6-24-9-19/h3-4,7-8,24,32H,2,5-6,9H2,1H3,(H,25,28)(H,26,29,30)/t19-/m0/s1. The van der Waals surface area contributed by atoms with Gasteiger partial charge in [0, 0.05) is 29.9 Å². The number of piperidine rings is 1. The number of aromatic amines is 1. The molecule has 5 rings (SSSR count). The highest BCUT2D eigenvalue weighted by Crippen LogP contribution is 2.39. The van der Waals surface area contributed by atoms with Crippen LogP contribution in [0.3, 0.4) is 0 Å². The summed E-state index contributed by atoms with van der Waals surface area (Å²) in [7, 11) is 0. The minimum Gasteiger partial charge on any atom is -0.370 e. The van der Waals surface area contributed by atoms with Crippen LogP contribution in [0.15, 0.2) is 29.0 Å². The minimum absolute atomic E-state index is 0.107. The molecule has 1 saturated heterocycles. The predicted molar refractivity (Wildman–Crippen MR) is 111 cm³/mol. The first-order chi connectivity index (χ1) is 15.7. The third-order valence-electron chi connectivity index (χ3n) is 5.34.